The molecule has 0 bridgehead atoms. The summed E-state index contributed by atoms with van der Waals surface area (Å²) in [6.07, 6.45) is 1.01. The molecule has 0 unspecified atom stereocenters. The summed E-state index contributed by atoms with van der Waals surface area (Å²) >= 11 is 0. The van der Waals surface area contributed by atoms with E-state index in [4.69, 9.17) is 9.47 Å². The summed E-state index contributed by atoms with van der Waals surface area (Å²) in [5, 5.41) is 0. The molecule has 0 fully saturated rings. The lowest BCUT2D eigenvalue weighted by molar-refractivity contribution is 0.210. The van der Waals surface area contributed by atoms with Crippen LogP contribution in [0.3, 0.4) is 0 Å². The zero-order valence-corrected chi connectivity index (χ0v) is 16.8. The Morgan fingerprint density at radius 2 is 1.36 bits per heavy atom. The highest BCUT2D eigenvalue weighted by Gasteiger charge is 2.34. The molecule has 3 aromatic carbocycles. The summed E-state index contributed by atoms with van der Waals surface area (Å²) in [6, 6.07) is 26.2. The Bertz CT molecular complexity index is 885. The van der Waals surface area contributed by atoms with E-state index >= 15 is 0 Å². The molecule has 1 atom stereocenters. The molecule has 0 saturated heterocycles. The van der Waals surface area contributed by atoms with Gasteiger partial charge in [-0.2, -0.15) is 0 Å². The number of rotatable bonds is 5. The highest BCUT2D eigenvalue weighted by atomic mass is 16.5. The summed E-state index contributed by atoms with van der Waals surface area (Å²) in [5.74, 6) is 1.84. The molecule has 1 aliphatic heterocycles. The smallest absolute Gasteiger partial charge is 0.161 e. The van der Waals surface area contributed by atoms with Crippen LogP contribution in [0.2, 0.25) is 0 Å². The first-order valence-corrected chi connectivity index (χ1v) is 9.78. The number of nitrogens with zero attached hydrogens (tertiary/aromatic N) is 1. The Balaban J connectivity index is 1.90. The number of benzene rings is 3. The lowest BCUT2D eigenvalue weighted by Crippen LogP contribution is -2.36. The van der Waals surface area contributed by atoms with Gasteiger partial charge in [-0.25, -0.2) is 0 Å². The molecule has 0 spiro atoms. The molecule has 3 aromatic rings. The summed E-state index contributed by atoms with van der Waals surface area (Å²) < 4.78 is 11.2. The van der Waals surface area contributed by atoms with Crippen LogP contribution in [-0.2, 0) is 6.42 Å². The average Bonchev–Trinajstić information content (AvgIpc) is 2.76. The van der Waals surface area contributed by atoms with E-state index in [1.54, 1.807) is 14.2 Å². The second-order valence-electron chi connectivity index (χ2n) is 7.38. The Morgan fingerprint density at radius 3 is 1.89 bits per heavy atom. The van der Waals surface area contributed by atoms with Crippen molar-refractivity contribution in [1.82, 2.24) is 4.90 Å². The van der Waals surface area contributed by atoms with Crippen LogP contribution < -0.4 is 9.47 Å². The maximum atomic E-state index is 5.63. The Hall–Kier alpha value is -2.78. The van der Waals surface area contributed by atoms with Crippen LogP contribution >= 0.6 is 0 Å². The van der Waals surface area contributed by atoms with Gasteiger partial charge in [0.1, 0.15) is 0 Å². The molecule has 0 aromatic heterocycles. The topological polar surface area (TPSA) is 21.7 Å². The molecule has 3 nitrogen and oxygen atoms in total. The average molecular weight is 373 g/mol. The van der Waals surface area contributed by atoms with E-state index in [0.717, 1.165) is 24.5 Å². The predicted molar refractivity (Wildman–Crippen MR) is 113 cm³/mol. The summed E-state index contributed by atoms with van der Waals surface area (Å²) in [4.78, 5) is 2.47. The molecule has 1 heterocycles. The maximum absolute atomic E-state index is 5.63. The summed E-state index contributed by atoms with van der Waals surface area (Å²) in [6.45, 7) is 1.02. The molecule has 1 aliphatic rings. The first kappa shape index (κ1) is 18.6. The van der Waals surface area contributed by atoms with Gasteiger partial charge in [-0.1, -0.05) is 60.7 Å². The van der Waals surface area contributed by atoms with Crippen molar-refractivity contribution in [3.63, 3.8) is 0 Å². The highest BCUT2D eigenvalue weighted by molar-refractivity contribution is 5.51. The number of hydrogen-bond donors (Lipinski definition) is 0. The van der Waals surface area contributed by atoms with Gasteiger partial charge >= 0.3 is 0 Å². The zero-order chi connectivity index (χ0) is 19.5. The van der Waals surface area contributed by atoms with Gasteiger partial charge in [0.15, 0.2) is 11.5 Å². The van der Waals surface area contributed by atoms with Crippen LogP contribution in [0.4, 0.5) is 0 Å². The third kappa shape index (κ3) is 3.38. The van der Waals surface area contributed by atoms with Gasteiger partial charge < -0.3 is 9.47 Å². The van der Waals surface area contributed by atoms with Gasteiger partial charge in [-0.05, 0) is 47.9 Å². The monoisotopic (exact) mass is 373 g/mol. The van der Waals surface area contributed by atoms with Gasteiger partial charge in [-0.15, -0.1) is 0 Å². The minimum Gasteiger partial charge on any atom is -0.493 e. The summed E-state index contributed by atoms with van der Waals surface area (Å²) in [5.41, 5.74) is 5.32. The van der Waals surface area contributed by atoms with Crippen LogP contribution in [0.5, 0.6) is 11.5 Å². The molecule has 3 heteroatoms. The Morgan fingerprint density at radius 1 is 0.821 bits per heavy atom. The standard InChI is InChI=1S/C25H27NO2/c1-26-15-14-20-16-22(27-2)23(28-3)17-21(20)25(26)24(18-10-6-4-7-11-18)19-12-8-5-9-13-19/h4-13,16-17,24-25H,14-15H2,1-3H3/t25-/m0/s1. The minimum absolute atomic E-state index is 0.230. The molecule has 144 valence electrons. The predicted octanol–water partition coefficient (Wildman–Crippen LogP) is 5.06. The highest BCUT2D eigenvalue weighted by Crippen LogP contribution is 2.46. The largest absolute Gasteiger partial charge is 0.493 e. The lowest BCUT2D eigenvalue weighted by Gasteiger charge is -2.40. The van der Waals surface area contributed by atoms with E-state index in [0.29, 0.717) is 0 Å². The zero-order valence-electron chi connectivity index (χ0n) is 16.8. The first-order chi connectivity index (χ1) is 13.7. The van der Waals surface area contributed by atoms with Crippen molar-refractivity contribution in [2.45, 2.75) is 18.4 Å². The van der Waals surface area contributed by atoms with Gasteiger partial charge in [0, 0.05) is 18.5 Å². The fourth-order valence-corrected chi connectivity index (χ4v) is 4.41. The van der Waals surface area contributed by atoms with Crippen molar-refractivity contribution < 1.29 is 9.47 Å². The van der Waals surface area contributed by atoms with Gasteiger partial charge in [0.2, 0.25) is 0 Å². The fraction of sp³-hybridized carbons (Fsp3) is 0.280. The van der Waals surface area contributed by atoms with Crippen molar-refractivity contribution >= 4 is 0 Å². The van der Waals surface area contributed by atoms with Crippen LogP contribution in [0, 0.1) is 0 Å². The van der Waals surface area contributed by atoms with E-state index in [-0.39, 0.29) is 12.0 Å². The fourth-order valence-electron chi connectivity index (χ4n) is 4.41. The summed E-state index contributed by atoms with van der Waals surface area (Å²) in [7, 11) is 5.63. The maximum Gasteiger partial charge on any atom is 0.161 e. The Labute approximate surface area is 167 Å². The molecule has 0 N–H and O–H groups in total. The number of methoxy groups -OCH3 is 2. The van der Waals surface area contributed by atoms with E-state index in [1.807, 2.05) is 0 Å². The van der Waals surface area contributed by atoms with Crippen molar-refractivity contribution in [3.8, 4) is 11.5 Å². The molecular weight excluding hydrogens is 346 g/mol. The second-order valence-corrected chi connectivity index (χ2v) is 7.38. The van der Waals surface area contributed by atoms with Gasteiger partial charge in [0.05, 0.1) is 14.2 Å². The van der Waals surface area contributed by atoms with E-state index in [1.165, 1.54) is 22.3 Å². The number of likely N-dealkylation sites (N-methyl/N-ethyl adjacent to an activating group) is 1. The van der Waals surface area contributed by atoms with Crippen molar-refractivity contribution in [2.75, 3.05) is 27.8 Å². The molecule has 0 aliphatic carbocycles. The quantitative estimate of drug-likeness (QED) is 0.624. The third-order valence-corrected chi connectivity index (χ3v) is 5.81. The number of fused-ring (bicyclic) bond motifs is 1. The van der Waals surface area contributed by atoms with Crippen LogP contribution in [0.15, 0.2) is 72.8 Å². The number of hydrogen-bond acceptors (Lipinski definition) is 3. The number of ether oxygens (including phenoxy) is 2. The van der Waals surface area contributed by atoms with E-state index < -0.39 is 0 Å². The lowest BCUT2D eigenvalue weighted by atomic mass is 9.77. The van der Waals surface area contributed by atoms with Gasteiger partial charge in [-0.3, -0.25) is 4.90 Å². The Kier molecular flexibility index (Phi) is 5.36. The molecule has 0 radical (unpaired) electrons. The van der Waals surface area contributed by atoms with Crippen LogP contribution in [0.1, 0.15) is 34.2 Å². The van der Waals surface area contributed by atoms with Crippen LogP contribution in [-0.4, -0.2) is 32.7 Å². The molecular formula is C25H27NO2. The minimum atomic E-state index is 0.230. The van der Waals surface area contributed by atoms with Crippen molar-refractivity contribution in [1.29, 1.82) is 0 Å². The molecule has 4 rings (SSSR count). The molecule has 28 heavy (non-hydrogen) atoms. The normalized spacial score (nSPS) is 16.6. The SMILES string of the molecule is COc1cc2c(cc1OC)[C@@H](C(c1ccccc1)c1ccccc1)N(C)CC2. The first-order valence-electron chi connectivity index (χ1n) is 9.78. The van der Waals surface area contributed by atoms with Crippen molar-refractivity contribution in [3.05, 3.63) is 95.1 Å². The second kappa shape index (κ2) is 8.07. The van der Waals surface area contributed by atoms with Crippen LogP contribution in [0.25, 0.3) is 0 Å². The van der Waals surface area contributed by atoms with E-state index in [9.17, 15) is 0 Å². The van der Waals surface area contributed by atoms with Gasteiger partial charge in [0.25, 0.3) is 0 Å². The van der Waals surface area contributed by atoms with E-state index in [2.05, 4.69) is 84.7 Å². The molecule has 0 saturated carbocycles. The van der Waals surface area contributed by atoms with Crippen molar-refractivity contribution in [2.24, 2.45) is 0 Å². The third-order valence-electron chi connectivity index (χ3n) is 5.81. The molecule has 0 amide bonds.